The number of amides is 1. The number of hydrogen-bond donors (Lipinski definition) is 2. The lowest BCUT2D eigenvalue weighted by Gasteiger charge is -2.20. The fourth-order valence-corrected chi connectivity index (χ4v) is 2.43. The number of hydrogen-bond acceptors (Lipinski definition) is 4. The van der Waals surface area contributed by atoms with Crippen molar-refractivity contribution in [3.8, 4) is 0 Å². The second-order valence-corrected chi connectivity index (χ2v) is 5.04. The van der Waals surface area contributed by atoms with E-state index in [1.165, 1.54) is 0 Å². The third kappa shape index (κ3) is 2.15. The van der Waals surface area contributed by atoms with Gasteiger partial charge in [-0.15, -0.1) is 0 Å². The van der Waals surface area contributed by atoms with Crippen molar-refractivity contribution in [2.75, 3.05) is 17.2 Å². The molecule has 1 amide bonds. The molecule has 0 spiro atoms. The van der Waals surface area contributed by atoms with Crippen LogP contribution in [0.1, 0.15) is 33.6 Å². The summed E-state index contributed by atoms with van der Waals surface area (Å²) in [6.07, 6.45) is 1.96. The Hall–Kier alpha value is -2.30. The number of nitrogens with zero attached hydrogens (tertiary/aromatic N) is 1. The van der Waals surface area contributed by atoms with E-state index in [1.54, 1.807) is 0 Å². The molecule has 5 nitrogen and oxygen atoms in total. The van der Waals surface area contributed by atoms with E-state index in [0.29, 0.717) is 11.4 Å². The topological polar surface area (TPSA) is 67.2 Å². The van der Waals surface area contributed by atoms with E-state index >= 15 is 0 Å². The zero-order valence-electron chi connectivity index (χ0n) is 11.6. The van der Waals surface area contributed by atoms with Crippen molar-refractivity contribution in [1.29, 1.82) is 0 Å². The van der Waals surface area contributed by atoms with Gasteiger partial charge >= 0.3 is 0 Å². The number of aryl methyl sites for hydroxylation is 1. The Morgan fingerprint density at radius 3 is 3.00 bits per heavy atom. The van der Waals surface area contributed by atoms with E-state index < -0.39 is 0 Å². The molecular formula is C15H17N3O2. The highest BCUT2D eigenvalue weighted by atomic mass is 16.5. The van der Waals surface area contributed by atoms with Gasteiger partial charge in [-0.1, -0.05) is 11.2 Å². The van der Waals surface area contributed by atoms with Crippen LogP contribution in [0.3, 0.4) is 0 Å². The molecule has 2 heterocycles. The molecule has 1 aliphatic heterocycles. The third-order valence-corrected chi connectivity index (χ3v) is 3.72. The normalized spacial score (nSPS) is 13.5. The highest BCUT2D eigenvalue weighted by Crippen LogP contribution is 2.26. The number of anilines is 2. The predicted octanol–water partition coefficient (Wildman–Crippen LogP) is 2.90. The molecule has 5 heteroatoms. The summed E-state index contributed by atoms with van der Waals surface area (Å²) < 4.78 is 5.13. The maximum atomic E-state index is 12.4. The first-order chi connectivity index (χ1) is 9.66. The molecule has 1 aromatic carbocycles. The molecule has 20 heavy (non-hydrogen) atoms. The number of carbonyl (C=O) groups excluding carboxylic acids is 1. The summed E-state index contributed by atoms with van der Waals surface area (Å²) in [7, 11) is 0. The van der Waals surface area contributed by atoms with Gasteiger partial charge in [-0.25, -0.2) is 0 Å². The molecule has 0 saturated heterocycles. The Balaban J connectivity index is 1.89. The Labute approximate surface area is 117 Å². The average Bonchev–Trinajstić information content (AvgIpc) is 2.78. The number of aromatic nitrogens is 1. The second kappa shape index (κ2) is 5.00. The summed E-state index contributed by atoms with van der Waals surface area (Å²) in [6.45, 7) is 4.69. The number of rotatable bonds is 2. The second-order valence-electron chi connectivity index (χ2n) is 5.04. The number of carbonyl (C=O) groups is 1. The van der Waals surface area contributed by atoms with Gasteiger partial charge in [0.15, 0.2) is 0 Å². The van der Waals surface area contributed by atoms with Gasteiger partial charge in [0.1, 0.15) is 0 Å². The van der Waals surface area contributed by atoms with Crippen LogP contribution in [-0.4, -0.2) is 17.6 Å². The molecule has 0 aliphatic carbocycles. The van der Waals surface area contributed by atoms with E-state index in [4.69, 9.17) is 4.52 Å². The molecule has 2 aromatic rings. The fraction of sp³-hybridized carbons (Fsp3) is 0.333. The zero-order chi connectivity index (χ0) is 14.1. The Morgan fingerprint density at radius 1 is 1.40 bits per heavy atom. The van der Waals surface area contributed by atoms with Crippen LogP contribution in [0.5, 0.6) is 0 Å². The van der Waals surface area contributed by atoms with Crippen molar-refractivity contribution in [2.24, 2.45) is 0 Å². The SMILES string of the molecule is Cc1noc(NC(=O)c2cccc3c2CCCN3)c1C. The summed E-state index contributed by atoms with van der Waals surface area (Å²) in [4.78, 5) is 12.4. The van der Waals surface area contributed by atoms with Gasteiger partial charge in [-0.3, -0.25) is 10.1 Å². The molecule has 0 fully saturated rings. The van der Waals surface area contributed by atoms with Gasteiger partial charge in [0.2, 0.25) is 5.88 Å². The van der Waals surface area contributed by atoms with Crippen molar-refractivity contribution in [2.45, 2.75) is 26.7 Å². The van der Waals surface area contributed by atoms with Crippen molar-refractivity contribution >= 4 is 17.5 Å². The van der Waals surface area contributed by atoms with Crippen LogP contribution in [0.2, 0.25) is 0 Å². The van der Waals surface area contributed by atoms with Gasteiger partial charge < -0.3 is 9.84 Å². The lowest BCUT2D eigenvalue weighted by atomic mass is 9.97. The van der Waals surface area contributed by atoms with Gasteiger partial charge in [0.25, 0.3) is 5.91 Å². The van der Waals surface area contributed by atoms with Crippen LogP contribution < -0.4 is 10.6 Å². The van der Waals surface area contributed by atoms with Crippen LogP contribution in [-0.2, 0) is 6.42 Å². The summed E-state index contributed by atoms with van der Waals surface area (Å²) >= 11 is 0. The molecular weight excluding hydrogens is 254 g/mol. The van der Waals surface area contributed by atoms with Crippen LogP contribution >= 0.6 is 0 Å². The van der Waals surface area contributed by atoms with Crippen LogP contribution in [0.25, 0.3) is 0 Å². The monoisotopic (exact) mass is 271 g/mol. The lowest BCUT2D eigenvalue weighted by Crippen LogP contribution is -2.19. The molecule has 0 saturated carbocycles. The van der Waals surface area contributed by atoms with E-state index in [-0.39, 0.29) is 5.91 Å². The Kier molecular flexibility index (Phi) is 3.18. The highest BCUT2D eigenvalue weighted by Gasteiger charge is 2.19. The molecule has 1 aliphatic rings. The van der Waals surface area contributed by atoms with Crippen molar-refractivity contribution in [1.82, 2.24) is 5.16 Å². The molecule has 0 bridgehead atoms. The molecule has 0 atom stereocenters. The summed E-state index contributed by atoms with van der Waals surface area (Å²) in [6, 6.07) is 5.75. The summed E-state index contributed by atoms with van der Waals surface area (Å²) in [5.41, 5.74) is 4.47. The molecule has 0 unspecified atom stereocenters. The minimum absolute atomic E-state index is 0.148. The van der Waals surface area contributed by atoms with Crippen LogP contribution in [0, 0.1) is 13.8 Å². The van der Waals surface area contributed by atoms with Gasteiger partial charge in [-0.05, 0) is 44.4 Å². The number of fused-ring (bicyclic) bond motifs is 1. The van der Waals surface area contributed by atoms with Gasteiger partial charge in [0.05, 0.1) is 5.69 Å². The fourth-order valence-electron chi connectivity index (χ4n) is 2.43. The van der Waals surface area contributed by atoms with Crippen molar-refractivity contribution in [3.63, 3.8) is 0 Å². The quantitative estimate of drug-likeness (QED) is 0.881. The van der Waals surface area contributed by atoms with Crippen molar-refractivity contribution < 1.29 is 9.32 Å². The first-order valence-electron chi connectivity index (χ1n) is 6.77. The van der Waals surface area contributed by atoms with E-state index in [9.17, 15) is 4.79 Å². The van der Waals surface area contributed by atoms with E-state index in [2.05, 4.69) is 15.8 Å². The first-order valence-corrected chi connectivity index (χ1v) is 6.77. The number of nitrogens with one attached hydrogen (secondary N) is 2. The van der Waals surface area contributed by atoms with Gasteiger partial charge in [-0.2, -0.15) is 0 Å². The summed E-state index contributed by atoms with van der Waals surface area (Å²) in [5.74, 6) is 0.277. The lowest BCUT2D eigenvalue weighted by molar-refractivity contribution is 0.102. The Bertz CT molecular complexity index is 661. The first kappa shape index (κ1) is 12.7. The zero-order valence-corrected chi connectivity index (χ0v) is 11.6. The minimum atomic E-state index is -0.148. The smallest absolute Gasteiger partial charge is 0.258 e. The Morgan fingerprint density at radius 2 is 2.25 bits per heavy atom. The highest BCUT2D eigenvalue weighted by molar-refractivity contribution is 6.05. The van der Waals surface area contributed by atoms with E-state index in [0.717, 1.165) is 41.9 Å². The number of benzene rings is 1. The van der Waals surface area contributed by atoms with Crippen molar-refractivity contribution in [3.05, 3.63) is 40.6 Å². The van der Waals surface area contributed by atoms with E-state index in [1.807, 2.05) is 32.0 Å². The summed E-state index contributed by atoms with van der Waals surface area (Å²) in [5, 5.41) is 9.97. The predicted molar refractivity (Wildman–Crippen MR) is 77.2 cm³/mol. The largest absolute Gasteiger partial charge is 0.385 e. The molecule has 3 rings (SSSR count). The standard InChI is InChI=1S/C15H17N3O2/c1-9-10(2)18-20-15(9)17-14(19)12-5-3-7-13-11(12)6-4-8-16-13/h3,5,7,16H,4,6,8H2,1-2H3,(H,17,19). The molecule has 104 valence electrons. The molecule has 2 N–H and O–H groups in total. The van der Waals surface area contributed by atoms with Gasteiger partial charge in [0, 0.05) is 23.4 Å². The molecule has 0 radical (unpaired) electrons. The maximum Gasteiger partial charge on any atom is 0.258 e. The maximum absolute atomic E-state index is 12.4. The van der Waals surface area contributed by atoms with Crippen LogP contribution in [0.15, 0.2) is 22.7 Å². The third-order valence-electron chi connectivity index (χ3n) is 3.72. The minimum Gasteiger partial charge on any atom is -0.385 e. The van der Waals surface area contributed by atoms with Crippen LogP contribution in [0.4, 0.5) is 11.6 Å². The molecule has 1 aromatic heterocycles. The average molecular weight is 271 g/mol.